The van der Waals surface area contributed by atoms with Crippen LogP contribution in [0.3, 0.4) is 0 Å². The van der Waals surface area contributed by atoms with E-state index in [9.17, 15) is 10.0 Å². The molecule has 1 amide bonds. The second-order valence-corrected chi connectivity index (χ2v) is 4.35. The van der Waals surface area contributed by atoms with Gasteiger partial charge in [0.15, 0.2) is 13.2 Å². The molecule has 0 bridgehead atoms. The van der Waals surface area contributed by atoms with Crippen LogP contribution < -0.4 is 9.96 Å². The summed E-state index contributed by atoms with van der Waals surface area (Å²) in [6.07, 6.45) is 1.23. The van der Waals surface area contributed by atoms with Crippen molar-refractivity contribution in [1.29, 1.82) is 0 Å². The molecule has 9 nitrogen and oxygen atoms in total. The Hall–Kier alpha value is -2.49. The van der Waals surface area contributed by atoms with Gasteiger partial charge in [-0.1, -0.05) is 22.2 Å². The number of rotatable bonds is 5. The molecule has 9 heteroatoms. The summed E-state index contributed by atoms with van der Waals surface area (Å²) in [5.74, 6) is 0.749. The zero-order chi connectivity index (χ0) is 14.7. The fraction of sp³-hybridized carbons (Fsp3) is 0.250. The lowest BCUT2D eigenvalue weighted by Gasteiger charge is -2.14. The van der Waals surface area contributed by atoms with Crippen LogP contribution in [-0.4, -0.2) is 27.7 Å². The fourth-order valence-electron chi connectivity index (χ4n) is 1.80. The molecule has 21 heavy (non-hydrogen) atoms. The maximum Gasteiger partial charge on any atom is 0.309 e. The number of ether oxygens (including phenoxy) is 1. The number of benzene rings is 1. The second-order valence-electron chi connectivity index (χ2n) is 4.35. The van der Waals surface area contributed by atoms with E-state index in [2.05, 4.69) is 14.7 Å². The minimum atomic E-state index is -0.528. The first-order valence-corrected chi connectivity index (χ1v) is 6.19. The summed E-state index contributed by atoms with van der Waals surface area (Å²) in [6.45, 7) is 0.222. The van der Waals surface area contributed by atoms with Crippen molar-refractivity contribution in [2.75, 3.05) is 6.54 Å². The Labute approximate surface area is 119 Å². The van der Waals surface area contributed by atoms with E-state index >= 15 is 0 Å². The fourth-order valence-corrected chi connectivity index (χ4v) is 1.80. The van der Waals surface area contributed by atoms with Crippen LogP contribution in [0.1, 0.15) is 11.4 Å². The standard InChI is InChI=1S/C12H12N4O5/c17-12-6-16(18)21-15(12)5-9-1-3-10(4-2-9)19-7-11-13-8-20-14-11/h1-4,8,16H,5-7H2. The topological polar surface area (TPSA) is 105 Å². The lowest BCUT2D eigenvalue weighted by atomic mass is 10.2. The van der Waals surface area contributed by atoms with Crippen LogP contribution in [0, 0.1) is 5.21 Å². The third kappa shape index (κ3) is 3.34. The minimum absolute atomic E-state index is 0.202. The highest BCUT2D eigenvalue weighted by Crippen LogP contribution is 2.15. The summed E-state index contributed by atoms with van der Waals surface area (Å²) >= 11 is 0. The molecule has 2 aromatic rings. The van der Waals surface area contributed by atoms with E-state index in [-0.39, 0.29) is 25.6 Å². The molecule has 0 radical (unpaired) electrons. The molecule has 1 aromatic carbocycles. The molecule has 1 saturated heterocycles. The number of amides is 1. The number of aromatic nitrogens is 2. The monoisotopic (exact) mass is 292 g/mol. The van der Waals surface area contributed by atoms with Gasteiger partial charge in [-0.3, -0.25) is 4.79 Å². The first kappa shape index (κ1) is 13.5. The third-order valence-corrected chi connectivity index (χ3v) is 2.81. The summed E-state index contributed by atoms with van der Waals surface area (Å²) in [7, 11) is 0. The van der Waals surface area contributed by atoms with Gasteiger partial charge in [0.2, 0.25) is 12.2 Å². The second kappa shape index (κ2) is 5.87. The summed E-state index contributed by atoms with van der Waals surface area (Å²) in [5, 5.41) is 15.1. The molecule has 0 saturated carbocycles. The molecule has 3 rings (SSSR count). The number of nitrogens with zero attached hydrogens (tertiary/aromatic N) is 3. The molecule has 1 N–H and O–H groups in total. The summed E-state index contributed by atoms with van der Waals surface area (Å²) in [4.78, 5) is 20.1. The van der Waals surface area contributed by atoms with Crippen molar-refractivity contribution in [2.45, 2.75) is 13.2 Å². The molecule has 0 spiro atoms. The Morgan fingerprint density at radius 1 is 1.38 bits per heavy atom. The molecule has 1 atom stereocenters. The van der Waals surface area contributed by atoms with Crippen molar-refractivity contribution < 1.29 is 24.2 Å². The number of hydrogen-bond donors (Lipinski definition) is 1. The Balaban J connectivity index is 1.55. The molecule has 1 fully saturated rings. The SMILES string of the molecule is O=C1C[NH+]([O-])ON1Cc1ccc(OCc2ncon2)cc1. The highest BCUT2D eigenvalue weighted by atomic mass is 17.0. The zero-order valence-electron chi connectivity index (χ0n) is 10.9. The van der Waals surface area contributed by atoms with Crippen LogP contribution in [0.5, 0.6) is 5.75 Å². The van der Waals surface area contributed by atoms with E-state index in [0.717, 1.165) is 10.6 Å². The van der Waals surface area contributed by atoms with Crippen LogP contribution in [0.4, 0.5) is 0 Å². The Morgan fingerprint density at radius 2 is 2.19 bits per heavy atom. The molecule has 2 heterocycles. The predicted molar refractivity (Wildman–Crippen MR) is 65.9 cm³/mol. The largest absolute Gasteiger partial charge is 0.598 e. The van der Waals surface area contributed by atoms with Gasteiger partial charge in [0.1, 0.15) is 5.75 Å². The van der Waals surface area contributed by atoms with Crippen molar-refractivity contribution in [2.24, 2.45) is 0 Å². The van der Waals surface area contributed by atoms with Gasteiger partial charge in [-0.2, -0.15) is 15.3 Å². The number of hydroxylamine groups is 4. The molecular weight excluding hydrogens is 280 g/mol. The maximum absolute atomic E-state index is 11.4. The lowest BCUT2D eigenvalue weighted by Crippen LogP contribution is -3.04. The normalized spacial score (nSPS) is 18.2. The van der Waals surface area contributed by atoms with Crippen molar-refractivity contribution in [3.05, 3.63) is 47.3 Å². The lowest BCUT2D eigenvalue weighted by molar-refractivity contribution is -1.06. The molecule has 1 aliphatic rings. The number of carbonyl (C=O) groups is 1. The van der Waals surface area contributed by atoms with Crippen molar-refractivity contribution in [1.82, 2.24) is 15.2 Å². The quantitative estimate of drug-likeness (QED) is 0.721. The van der Waals surface area contributed by atoms with Gasteiger partial charge >= 0.3 is 5.91 Å². The van der Waals surface area contributed by atoms with E-state index < -0.39 is 5.23 Å². The predicted octanol–water partition coefficient (Wildman–Crippen LogP) is -0.780. The summed E-state index contributed by atoms with van der Waals surface area (Å²) < 4.78 is 10.1. The number of nitrogens with one attached hydrogen (secondary N) is 1. The van der Waals surface area contributed by atoms with Crippen molar-refractivity contribution >= 4 is 5.91 Å². The van der Waals surface area contributed by atoms with Crippen LogP contribution >= 0.6 is 0 Å². The third-order valence-electron chi connectivity index (χ3n) is 2.81. The van der Waals surface area contributed by atoms with E-state index in [1.54, 1.807) is 24.3 Å². The smallest absolute Gasteiger partial charge is 0.309 e. The van der Waals surface area contributed by atoms with Gasteiger partial charge in [-0.15, -0.1) is 0 Å². The van der Waals surface area contributed by atoms with Gasteiger partial charge in [-0.05, 0) is 17.7 Å². The number of carbonyl (C=O) groups excluding carboxylic acids is 1. The minimum Gasteiger partial charge on any atom is -0.598 e. The first-order valence-electron chi connectivity index (χ1n) is 6.19. The molecule has 1 unspecified atom stereocenters. The van der Waals surface area contributed by atoms with Crippen LogP contribution in [0.15, 0.2) is 35.2 Å². The molecule has 0 aliphatic carbocycles. The van der Waals surface area contributed by atoms with Crippen LogP contribution in [0.25, 0.3) is 0 Å². The van der Waals surface area contributed by atoms with Gasteiger partial charge in [0, 0.05) is 0 Å². The van der Waals surface area contributed by atoms with Gasteiger partial charge < -0.3 is 14.5 Å². The Kier molecular flexibility index (Phi) is 3.77. The maximum atomic E-state index is 11.4. The van der Waals surface area contributed by atoms with E-state index in [0.29, 0.717) is 11.6 Å². The van der Waals surface area contributed by atoms with Gasteiger partial charge in [-0.25, -0.2) is 0 Å². The Morgan fingerprint density at radius 3 is 2.81 bits per heavy atom. The van der Waals surface area contributed by atoms with Crippen molar-refractivity contribution in [3.8, 4) is 5.75 Å². The number of quaternary nitrogens is 1. The zero-order valence-corrected chi connectivity index (χ0v) is 10.9. The van der Waals surface area contributed by atoms with E-state index in [1.807, 2.05) is 0 Å². The Bertz CT molecular complexity index is 601. The van der Waals surface area contributed by atoms with Crippen LogP contribution in [0.2, 0.25) is 0 Å². The van der Waals surface area contributed by atoms with Crippen molar-refractivity contribution in [3.63, 3.8) is 0 Å². The highest BCUT2D eigenvalue weighted by Gasteiger charge is 2.29. The summed E-state index contributed by atoms with van der Waals surface area (Å²) in [5.41, 5.74) is 0.824. The van der Waals surface area contributed by atoms with E-state index in [4.69, 9.17) is 9.68 Å². The van der Waals surface area contributed by atoms with Crippen LogP contribution in [-0.2, 0) is 22.9 Å². The first-order chi connectivity index (χ1) is 10.2. The average Bonchev–Trinajstić information content (AvgIpc) is 3.08. The molecule has 1 aromatic heterocycles. The van der Waals surface area contributed by atoms with Gasteiger partial charge in [0.05, 0.1) is 6.54 Å². The summed E-state index contributed by atoms with van der Waals surface area (Å²) in [6, 6.07) is 7.06. The number of hydrogen-bond acceptors (Lipinski definition) is 7. The highest BCUT2D eigenvalue weighted by molar-refractivity contribution is 5.76. The molecule has 1 aliphatic heterocycles. The van der Waals surface area contributed by atoms with Gasteiger partial charge in [0.25, 0.3) is 0 Å². The average molecular weight is 292 g/mol. The molecular formula is C12H12N4O5. The van der Waals surface area contributed by atoms with E-state index in [1.165, 1.54) is 6.39 Å². The molecule has 110 valence electrons.